The quantitative estimate of drug-likeness (QED) is 0.462. The van der Waals surface area contributed by atoms with E-state index in [0.717, 1.165) is 11.0 Å². The molecule has 134 valence electrons. The number of hydrogen-bond acceptors (Lipinski definition) is 3. The highest BCUT2D eigenvalue weighted by Crippen LogP contribution is 2.37. The van der Waals surface area contributed by atoms with Crippen LogP contribution in [0, 0.1) is 0 Å². The van der Waals surface area contributed by atoms with Gasteiger partial charge in [-0.1, -0.05) is 60.7 Å². The van der Waals surface area contributed by atoms with Crippen LogP contribution >= 0.6 is 11.8 Å². The number of benzene rings is 3. The smallest absolute Gasteiger partial charge is 0.272 e. The Kier molecular flexibility index (Phi) is 5.07. The minimum atomic E-state index is -0.0247. The lowest BCUT2D eigenvalue weighted by molar-refractivity contribution is 0.811. The summed E-state index contributed by atoms with van der Waals surface area (Å²) < 4.78 is 1.70. The standard InChI is InChI=1S/C23H20N2OS/c1-25-21-15-9-8-14-19(21)24-20(23(25)26)16-22(17-10-4-2-5-11-17)27-18-12-6-3-7-13-18/h2-15,22H,16H2,1H3. The van der Waals surface area contributed by atoms with Gasteiger partial charge in [-0.25, -0.2) is 4.98 Å². The number of nitrogens with zero attached hydrogens (tertiary/aromatic N) is 2. The third kappa shape index (κ3) is 3.81. The van der Waals surface area contributed by atoms with Gasteiger partial charge in [-0.15, -0.1) is 11.8 Å². The van der Waals surface area contributed by atoms with Crippen LogP contribution in [0.5, 0.6) is 0 Å². The van der Waals surface area contributed by atoms with Gasteiger partial charge in [-0.2, -0.15) is 0 Å². The minimum absolute atomic E-state index is 0.0247. The van der Waals surface area contributed by atoms with Gasteiger partial charge in [0.05, 0.1) is 11.0 Å². The van der Waals surface area contributed by atoms with Crippen molar-refractivity contribution in [2.75, 3.05) is 0 Å². The van der Waals surface area contributed by atoms with E-state index in [4.69, 9.17) is 4.98 Å². The molecule has 0 aliphatic carbocycles. The number of rotatable bonds is 5. The van der Waals surface area contributed by atoms with Crippen LogP contribution in [0.2, 0.25) is 0 Å². The van der Waals surface area contributed by atoms with Crippen molar-refractivity contribution in [2.24, 2.45) is 7.05 Å². The Bertz CT molecular complexity index is 1110. The van der Waals surface area contributed by atoms with Crippen LogP contribution in [0.4, 0.5) is 0 Å². The van der Waals surface area contributed by atoms with E-state index in [1.54, 1.807) is 16.3 Å². The molecule has 0 saturated carbocycles. The molecule has 1 unspecified atom stereocenters. The summed E-state index contributed by atoms with van der Waals surface area (Å²) in [6.45, 7) is 0. The van der Waals surface area contributed by atoms with Crippen LogP contribution in [-0.4, -0.2) is 9.55 Å². The van der Waals surface area contributed by atoms with Crippen LogP contribution in [0.25, 0.3) is 11.0 Å². The summed E-state index contributed by atoms with van der Waals surface area (Å²) in [7, 11) is 1.82. The van der Waals surface area contributed by atoms with Crippen molar-refractivity contribution < 1.29 is 0 Å². The zero-order valence-electron chi connectivity index (χ0n) is 15.1. The maximum absolute atomic E-state index is 12.9. The number of aromatic nitrogens is 2. The number of para-hydroxylation sites is 2. The first kappa shape index (κ1) is 17.6. The SMILES string of the molecule is Cn1c(=O)c(CC(Sc2ccccc2)c2ccccc2)nc2ccccc21. The molecule has 1 aromatic heterocycles. The Hall–Kier alpha value is -2.85. The summed E-state index contributed by atoms with van der Waals surface area (Å²) in [4.78, 5) is 18.8. The average Bonchev–Trinajstić information content (AvgIpc) is 2.73. The summed E-state index contributed by atoms with van der Waals surface area (Å²) >= 11 is 1.77. The molecule has 4 aromatic rings. The molecular formula is C23H20N2OS. The summed E-state index contributed by atoms with van der Waals surface area (Å²) in [5.41, 5.74) is 3.49. The van der Waals surface area contributed by atoms with Gasteiger partial charge in [0.15, 0.2) is 0 Å². The lowest BCUT2D eigenvalue weighted by Gasteiger charge is -2.17. The molecule has 0 amide bonds. The van der Waals surface area contributed by atoms with E-state index in [0.29, 0.717) is 12.1 Å². The van der Waals surface area contributed by atoms with Crippen molar-refractivity contribution in [3.8, 4) is 0 Å². The lowest BCUT2D eigenvalue weighted by Crippen LogP contribution is -2.24. The molecule has 3 nitrogen and oxygen atoms in total. The highest BCUT2D eigenvalue weighted by atomic mass is 32.2. The van der Waals surface area contributed by atoms with Crippen molar-refractivity contribution in [2.45, 2.75) is 16.6 Å². The monoisotopic (exact) mass is 372 g/mol. The van der Waals surface area contributed by atoms with E-state index < -0.39 is 0 Å². The Balaban J connectivity index is 1.75. The second-order valence-electron chi connectivity index (χ2n) is 6.45. The molecule has 0 aliphatic heterocycles. The molecule has 3 aromatic carbocycles. The average molecular weight is 372 g/mol. The third-order valence-corrected chi connectivity index (χ3v) is 5.89. The van der Waals surface area contributed by atoms with Crippen molar-refractivity contribution in [1.82, 2.24) is 9.55 Å². The molecule has 0 radical (unpaired) electrons. The van der Waals surface area contributed by atoms with Gasteiger partial charge >= 0.3 is 0 Å². The molecule has 1 atom stereocenters. The van der Waals surface area contributed by atoms with Crippen molar-refractivity contribution in [1.29, 1.82) is 0 Å². The molecule has 0 spiro atoms. The van der Waals surface area contributed by atoms with E-state index in [9.17, 15) is 4.79 Å². The second kappa shape index (κ2) is 7.80. The fourth-order valence-corrected chi connectivity index (χ4v) is 4.38. The van der Waals surface area contributed by atoms with Gasteiger partial charge in [0.1, 0.15) is 5.69 Å². The Labute approximate surface area is 162 Å². The molecule has 0 fully saturated rings. The number of hydrogen-bond donors (Lipinski definition) is 0. The second-order valence-corrected chi connectivity index (χ2v) is 7.72. The van der Waals surface area contributed by atoms with Gasteiger partial charge in [0.25, 0.3) is 5.56 Å². The molecule has 0 saturated heterocycles. The van der Waals surface area contributed by atoms with Crippen LogP contribution in [0.15, 0.2) is 94.6 Å². The summed E-state index contributed by atoms with van der Waals surface area (Å²) in [6.07, 6.45) is 0.584. The van der Waals surface area contributed by atoms with E-state index in [-0.39, 0.29) is 10.8 Å². The predicted molar refractivity (Wildman–Crippen MR) is 112 cm³/mol. The first-order valence-corrected chi connectivity index (χ1v) is 9.81. The Morgan fingerprint density at radius 1 is 0.889 bits per heavy atom. The summed E-state index contributed by atoms with van der Waals surface area (Å²) in [5.74, 6) is 0. The van der Waals surface area contributed by atoms with Crippen molar-refractivity contribution in [3.63, 3.8) is 0 Å². The molecule has 1 heterocycles. The van der Waals surface area contributed by atoms with Crippen molar-refractivity contribution >= 4 is 22.8 Å². The van der Waals surface area contributed by atoms with Gasteiger partial charge in [0.2, 0.25) is 0 Å². The molecular weight excluding hydrogens is 352 g/mol. The zero-order chi connectivity index (χ0) is 18.6. The van der Waals surface area contributed by atoms with Gasteiger partial charge in [-0.05, 0) is 29.8 Å². The zero-order valence-corrected chi connectivity index (χ0v) is 15.9. The molecule has 27 heavy (non-hydrogen) atoms. The molecule has 0 bridgehead atoms. The summed E-state index contributed by atoms with van der Waals surface area (Å²) in [6, 6.07) is 28.4. The molecule has 4 heteroatoms. The highest BCUT2D eigenvalue weighted by molar-refractivity contribution is 7.99. The van der Waals surface area contributed by atoms with Crippen LogP contribution < -0.4 is 5.56 Å². The Morgan fingerprint density at radius 3 is 2.26 bits per heavy atom. The largest absolute Gasteiger partial charge is 0.308 e. The maximum Gasteiger partial charge on any atom is 0.272 e. The fourth-order valence-electron chi connectivity index (χ4n) is 3.21. The predicted octanol–water partition coefficient (Wildman–Crippen LogP) is 5.01. The lowest BCUT2D eigenvalue weighted by atomic mass is 10.1. The van der Waals surface area contributed by atoms with E-state index in [2.05, 4.69) is 24.3 Å². The molecule has 4 rings (SSSR count). The van der Waals surface area contributed by atoms with Crippen LogP contribution in [0.3, 0.4) is 0 Å². The van der Waals surface area contributed by atoms with Gasteiger partial charge < -0.3 is 4.57 Å². The molecule has 0 N–H and O–H groups in total. The number of fused-ring (bicyclic) bond motifs is 1. The number of aryl methyl sites for hydroxylation is 1. The van der Waals surface area contributed by atoms with E-state index >= 15 is 0 Å². The van der Waals surface area contributed by atoms with Crippen molar-refractivity contribution in [3.05, 3.63) is 107 Å². The van der Waals surface area contributed by atoms with E-state index in [1.807, 2.05) is 67.7 Å². The minimum Gasteiger partial charge on any atom is -0.308 e. The van der Waals surface area contributed by atoms with Gasteiger partial charge in [-0.3, -0.25) is 4.79 Å². The first-order valence-electron chi connectivity index (χ1n) is 8.93. The highest BCUT2D eigenvalue weighted by Gasteiger charge is 2.18. The number of thioether (sulfide) groups is 1. The first-order chi connectivity index (χ1) is 13.2. The molecule has 0 aliphatic rings. The third-order valence-electron chi connectivity index (χ3n) is 4.62. The van der Waals surface area contributed by atoms with Crippen LogP contribution in [-0.2, 0) is 13.5 Å². The fraction of sp³-hybridized carbons (Fsp3) is 0.130. The van der Waals surface area contributed by atoms with Gasteiger partial charge in [0, 0.05) is 23.6 Å². The topological polar surface area (TPSA) is 34.9 Å². The normalized spacial score (nSPS) is 12.2. The summed E-state index contributed by atoms with van der Waals surface area (Å²) in [5, 5.41) is 0.120. The maximum atomic E-state index is 12.9. The van der Waals surface area contributed by atoms with Crippen LogP contribution in [0.1, 0.15) is 16.5 Å². The van der Waals surface area contributed by atoms with E-state index in [1.165, 1.54) is 10.5 Å². The Morgan fingerprint density at radius 2 is 1.52 bits per heavy atom.